The topological polar surface area (TPSA) is 441 Å². The number of nitrogens with zero attached hydrogens (tertiary/aromatic N) is 6. The molecule has 129 heavy (non-hydrogen) atoms. The third-order valence-corrected chi connectivity index (χ3v) is 34.4. The first-order valence-corrected chi connectivity index (χ1v) is 62.8. The zero-order valence-electron chi connectivity index (χ0n) is 76.1. The van der Waals surface area contributed by atoms with Crippen LogP contribution in [0.4, 0.5) is 0 Å². The summed E-state index contributed by atoms with van der Waals surface area (Å²) >= 11 is 12.0. The van der Waals surface area contributed by atoms with Crippen LogP contribution in [0.2, 0.25) is 0 Å². The minimum atomic E-state index is -2.47. The molecule has 0 aliphatic carbocycles. The SMILES string of the molecule is C=C1NC(=O)C=CN1[C@@H]1O[C@@]2(CCP(=C)(C)C)CO[C@@H]1[C@@H]2O.C=C1NC(=O)C=CN1[C@@H]1O[C@H](CCP(=C)(C)C)[C@@H](O)C1(O)O.C=C1NC(=O)C=CN1[C@@H]1O[C@H](CCP(=C)(C)C)[C@@H](O)[C@H]1Br.C=C1NC(=O)C=CN1[C@@H]1O[C@H](CCP(=C)(C)C)[C@@H](O)[C@H]1Cl.C=C1NC(=O)C=CN1[C@@H]1O[C@H](CCP(=C)(C)C)[C@@H](O)[C@H]1I.C=C1NC(=O)C=CN1[C@@H]1O[C@](C)(CCP(=C)(C)C)[C@@H](O)[C@H]1O. The molecule has 0 aromatic carbocycles. The van der Waals surface area contributed by atoms with Crippen molar-refractivity contribution in [2.45, 2.75) is 187 Å². The van der Waals surface area contributed by atoms with Crippen LogP contribution in [0.1, 0.15) is 45.4 Å². The van der Waals surface area contributed by atoms with Crippen molar-refractivity contribution in [2.75, 3.05) is 124 Å². The molecule has 7 fully saturated rings. The second-order valence-corrected chi connectivity index (χ2v) is 67.3. The first kappa shape index (κ1) is 109. The molecule has 0 unspecified atom stereocenters. The molecule has 13 rings (SSSR count). The van der Waals surface area contributed by atoms with Gasteiger partial charge in [0, 0.05) is 73.7 Å². The van der Waals surface area contributed by atoms with Crippen LogP contribution in [0, 0.1) is 0 Å². The Morgan fingerprint density at radius 3 is 1.12 bits per heavy atom. The van der Waals surface area contributed by atoms with Gasteiger partial charge in [-0.1, -0.05) is 78.0 Å². The number of alkyl halides is 3. The lowest BCUT2D eigenvalue weighted by molar-refractivity contribution is -0.251. The molecule has 13 heterocycles. The fourth-order valence-corrected chi connectivity index (χ4v) is 23.1. The molecule has 0 saturated carbocycles. The highest BCUT2D eigenvalue weighted by atomic mass is 127. The van der Waals surface area contributed by atoms with Gasteiger partial charge in [0.1, 0.15) is 88.8 Å². The van der Waals surface area contributed by atoms with Crippen LogP contribution >= 0.6 is 91.4 Å². The van der Waals surface area contributed by atoms with Crippen LogP contribution in [0.3, 0.4) is 0 Å². The molecule has 23 atom stereocenters. The van der Waals surface area contributed by atoms with E-state index in [0.717, 1.165) is 62.7 Å². The van der Waals surface area contributed by atoms with Crippen molar-refractivity contribution in [3.05, 3.63) is 148 Å². The Bertz CT molecular complexity index is 4470. The Hall–Kier alpha value is -4.84. The molecule has 0 radical (unpaired) electrons. The monoisotopic (exact) mass is 2120 g/mol. The van der Waals surface area contributed by atoms with Crippen molar-refractivity contribution in [1.82, 2.24) is 61.3 Å². The molecule has 34 nitrogen and oxygen atoms in total. The van der Waals surface area contributed by atoms with Crippen molar-refractivity contribution in [1.29, 1.82) is 0 Å². The predicted molar refractivity (Wildman–Crippen MR) is 536 cm³/mol. The molecular formula is C86H137BrClIN12O22P6. The van der Waals surface area contributed by atoms with E-state index in [-0.39, 0.29) is 80.8 Å². The first-order valence-electron chi connectivity index (χ1n) is 41.9. The fourth-order valence-electron chi connectivity index (χ4n) is 15.2. The first-order chi connectivity index (χ1) is 59.3. The van der Waals surface area contributed by atoms with Gasteiger partial charge in [-0.3, -0.25) is 28.8 Å². The van der Waals surface area contributed by atoms with Crippen LogP contribution in [0.5, 0.6) is 0 Å². The predicted octanol–water partition coefficient (Wildman–Crippen LogP) is 3.90. The maximum absolute atomic E-state index is 11.3. The Morgan fingerprint density at radius 1 is 0.411 bits per heavy atom. The summed E-state index contributed by atoms with van der Waals surface area (Å²) in [6.07, 6.45) is 40.3. The molecule has 13 aliphatic rings. The maximum Gasteiger partial charge on any atom is 0.250 e. The number of carbonyl (C=O) groups excluding carboxylic acids is 6. The van der Waals surface area contributed by atoms with E-state index in [1.54, 1.807) is 51.3 Å². The van der Waals surface area contributed by atoms with Crippen molar-refractivity contribution in [3.63, 3.8) is 0 Å². The summed E-state index contributed by atoms with van der Waals surface area (Å²) in [6.45, 7) is 43.3. The molecule has 0 spiro atoms. The summed E-state index contributed by atoms with van der Waals surface area (Å²) in [5, 5.41) is 108. The molecule has 7 saturated heterocycles. The summed E-state index contributed by atoms with van der Waals surface area (Å²) < 4.78 is 41.4. The van der Waals surface area contributed by atoms with Gasteiger partial charge >= 0.3 is 0 Å². The van der Waals surface area contributed by atoms with Crippen LogP contribution in [-0.4, -0.2) is 414 Å². The molecular weight excluding hydrogens is 1980 g/mol. The zero-order valence-corrected chi connectivity index (χ0v) is 85.9. The summed E-state index contributed by atoms with van der Waals surface area (Å²) in [7, 11) is 0. The number of ether oxygens (including phenoxy) is 7. The molecule has 15 N–H and O–H groups in total. The smallest absolute Gasteiger partial charge is 0.250 e. The number of rotatable bonds is 24. The number of hydrogen-bond donors (Lipinski definition) is 15. The van der Waals surface area contributed by atoms with Gasteiger partial charge in [-0.05, 0) is 162 Å². The summed E-state index contributed by atoms with van der Waals surface area (Å²) in [4.78, 5) is 77.1. The van der Waals surface area contributed by atoms with Crippen molar-refractivity contribution < 1.29 is 108 Å². The number of fused-ring (bicyclic) bond motifs is 2. The minimum absolute atomic E-state index is 0.0877. The van der Waals surface area contributed by atoms with E-state index in [2.05, 4.69) is 228 Å². The number of hydrogen-bond acceptors (Lipinski definition) is 28. The van der Waals surface area contributed by atoms with Crippen molar-refractivity contribution in [3.8, 4) is 0 Å². The van der Waals surface area contributed by atoms with Crippen LogP contribution in [0.25, 0.3) is 0 Å². The standard InChI is InChI=1S/C15H23N2O4P.C15H25N2O4P.C14H22BrN2O3P.C14H22ClN2O3P.C14H22IN2O3P.C14H23N2O5P/c1-10-16-11(18)5-7-17(10)14-12-13(19)15(21-14,9-20-12)6-8-22(2,3)4;1-10-16-11(18)6-8-17(10)14-12(19)13(20)15(2,21-14)7-9-22(3,4)5;3*1-9-16-11(18)5-7-17(9)14-12(15)13(19)10(20-14)6-8-21(2,3)4;1-9-15-11(17)5-7-16(9)13-14(19,20)12(18)10(21-13)6-8-22(2,3)4/h5,7,12-14,19H,1-2,6,8-9H2,3-4H3,(H,16,18);6,8,12-14,19-20H,1,3,7,9H2,2,4-5H3,(H,16,18);3*5,7,10,12-14,19H,1-2,6,8H2,3-4H3,(H,16,18);5,7,10,12-13,18-20H,1-2,6,8H2,3-4H3,(H,15,17)/t12-,13+,14-,15+;12-,13+,14-,15-;3*10-,12-,13-,14-;10-,12-,13-/m111111/s1. The van der Waals surface area contributed by atoms with Gasteiger partial charge in [0.05, 0.1) is 57.6 Å². The van der Waals surface area contributed by atoms with E-state index < -0.39 is 144 Å². The van der Waals surface area contributed by atoms with Crippen molar-refractivity contribution >= 4 is 165 Å². The van der Waals surface area contributed by atoms with Gasteiger partial charge in [-0.25, -0.2) is 0 Å². The normalized spacial score (nSPS) is 34.3. The van der Waals surface area contributed by atoms with E-state index in [4.69, 9.17) is 44.8 Å². The van der Waals surface area contributed by atoms with Gasteiger partial charge in [0.15, 0.2) is 31.1 Å². The highest BCUT2D eigenvalue weighted by Crippen LogP contribution is 2.50. The molecule has 2 bridgehead atoms. The third kappa shape index (κ3) is 29.6. The summed E-state index contributed by atoms with van der Waals surface area (Å²) in [6, 6.07) is 0. The Kier molecular flexibility index (Phi) is 37.4. The molecule has 6 amide bonds. The van der Waals surface area contributed by atoms with E-state index in [0.29, 0.717) is 48.6 Å². The maximum atomic E-state index is 11.3. The van der Waals surface area contributed by atoms with E-state index >= 15 is 0 Å². The number of aliphatic hydroxyl groups excluding tert-OH is 7. The van der Waals surface area contributed by atoms with Gasteiger partial charge in [0.25, 0.3) is 35.4 Å². The van der Waals surface area contributed by atoms with Gasteiger partial charge < -0.3 is 140 Å². The quantitative estimate of drug-likeness (QED) is 0.0282. The lowest BCUT2D eigenvalue weighted by atomic mass is 9.94. The summed E-state index contributed by atoms with van der Waals surface area (Å²) in [5.41, 5.74) is -1.53. The number of carbonyl (C=O) groups is 6. The number of amides is 6. The number of halogens is 3. The lowest BCUT2D eigenvalue weighted by Crippen LogP contribution is -2.55. The Morgan fingerprint density at radius 2 is 0.729 bits per heavy atom. The third-order valence-electron chi connectivity index (χ3n) is 22.8. The van der Waals surface area contributed by atoms with Gasteiger partial charge in [0.2, 0.25) is 5.79 Å². The average Bonchev–Trinajstić information content (AvgIpc) is 1.58. The molecule has 43 heteroatoms. The number of nitrogens with one attached hydrogen (secondary N) is 6. The largest absolute Gasteiger partial charge is 0.389 e. The van der Waals surface area contributed by atoms with E-state index in [1.807, 2.05) is 0 Å². The Labute approximate surface area is 787 Å². The van der Waals surface area contributed by atoms with E-state index in [9.17, 15) is 74.7 Å². The second kappa shape index (κ2) is 44.1. The highest BCUT2D eigenvalue weighted by molar-refractivity contribution is 14.1. The molecule has 0 aromatic heterocycles. The minimum Gasteiger partial charge on any atom is -0.389 e. The van der Waals surface area contributed by atoms with E-state index in [1.165, 1.54) is 58.7 Å². The average molecular weight is 2120 g/mol. The molecule has 724 valence electrons. The zero-order chi connectivity index (χ0) is 96.9. The lowest BCUT2D eigenvalue weighted by Gasteiger charge is -2.38. The summed E-state index contributed by atoms with van der Waals surface area (Å²) in [5.74, 6) is -1.73. The Balaban J connectivity index is 0.000000191. The second-order valence-electron chi connectivity index (χ2n) is 38.4. The van der Waals surface area contributed by atoms with Gasteiger partial charge in [-0.15, -0.1) is 90.7 Å². The molecule has 0 aromatic rings. The van der Waals surface area contributed by atoms with Gasteiger partial charge in [-0.2, -0.15) is 0 Å². The van der Waals surface area contributed by atoms with Crippen LogP contribution < -0.4 is 31.9 Å². The number of aliphatic hydroxyl groups is 9. The highest BCUT2D eigenvalue weighted by Gasteiger charge is 2.63. The van der Waals surface area contributed by atoms with Crippen molar-refractivity contribution in [2.24, 2.45) is 0 Å². The molecule has 13 aliphatic heterocycles. The van der Waals surface area contributed by atoms with Crippen LogP contribution in [-0.2, 0) is 61.9 Å². The van der Waals surface area contributed by atoms with Crippen LogP contribution in [0.15, 0.2) is 148 Å². The fraction of sp³-hybridized carbons (Fsp3) is 0.581.